The Morgan fingerprint density at radius 1 is 1.10 bits per heavy atom. The third-order valence-electron chi connectivity index (χ3n) is 4.48. The van der Waals surface area contributed by atoms with Crippen LogP contribution in [0.3, 0.4) is 0 Å². The van der Waals surface area contributed by atoms with E-state index in [9.17, 15) is 13.2 Å². The summed E-state index contributed by atoms with van der Waals surface area (Å²) in [5.74, 6) is -0.227. The van der Waals surface area contributed by atoms with Gasteiger partial charge in [0.15, 0.2) is 0 Å². The minimum Gasteiger partial charge on any atom is -0.495 e. The second kappa shape index (κ2) is 9.58. The fourth-order valence-electron chi connectivity index (χ4n) is 2.92. The van der Waals surface area contributed by atoms with Crippen LogP contribution < -0.4 is 4.74 Å². The van der Waals surface area contributed by atoms with Gasteiger partial charge >= 0.3 is 5.97 Å². The number of carbonyl (C=O) groups is 1. The van der Waals surface area contributed by atoms with Gasteiger partial charge in [-0.25, -0.2) is 8.42 Å². The lowest BCUT2D eigenvalue weighted by Gasteiger charge is -2.26. The molecule has 0 bridgehead atoms. The summed E-state index contributed by atoms with van der Waals surface area (Å²) in [4.78, 5) is 12.2. The molecule has 0 amide bonds. The number of carbonyl (C=O) groups excluding carboxylic acids is 1. The number of sulfonamides is 1. The molecule has 1 heterocycles. The van der Waals surface area contributed by atoms with E-state index in [1.165, 1.54) is 17.5 Å². The van der Waals surface area contributed by atoms with Gasteiger partial charge in [0.25, 0.3) is 0 Å². The fraction of sp³-hybridized carbons (Fsp3) is 0.350. The van der Waals surface area contributed by atoms with E-state index in [1.54, 1.807) is 36.4 Å². The molecule has 0 unspecified atom stereocenters. The fourth-order valence-corrected chi connectivity index (χ4v) is 4.66. The Kier molecular flexibility index (Phi) is 7.13. The number of benzene rings is 2. The van der Waals surface area contributed by atoms with Gasteiger partial charge in [-0.05, 0) is 35.4 Å². The molecule has 0 saturated carbocycles. The van der Waals surface area contributed by atoms with Gasteiger partial charge < -0.3 is 14.2 Å². The van der Waals surface area contributed by atoms with E-state index in [1.807, 2.05) is 0 Å². The maximum Gasteiger partial charge on any atom is 0.310 e. The van der Waals surface area contributed by atoms with Crippen LogP contribution in [-0.4, -0.2) is 52.1 Å². The minimum atomic E-state index is -3.76. The highest BCUT2D eigenvalue weighted by atomic mass is 35.5. The molecule has 9 heteroatoms. The molecule has 1 aliphatic heterocycles. The standard InChI is InChI=1S/C20H22ClNO6S/c1-26-18-7-4-16(12-19(18)29(24,25)22-8-10-27-11-9-22)13-20(23)28-14-15-2-5-17(21)6-3-15/h2-7,12H,8-11,13-14H2,1H3. The first-order valence-electron chi connectivity index (χ1n) is 9.05. The summed E-state index contributed by atoms with van der Waals surface area (Å²) in [6, 6.07) is 11.7. The van der Waals surface area contributed by atoms with Crippen molar-refractivity contribution in [2.75, 3.05) is 33.4 Å². The number of nitrogens with zero attached hydrogens (tertiary/aromatic N) is 1. The Morgan fingerprint density at radius 3 is 2.41 bits per heavy atom. The molecule has 1 saturated heterocycles. The normalized spacial score (nSPS) is 15.1. The number of methoxy groups -OCH3 is 1. The third-order valence-corrected chi connectivity index (χ3v) is 6.65. The van der Waals surface area contributed by atoms with Crippen LogP contribution in [0.15, 0.2) is 47.4 Å². The smallest absolute Gasteiger partial charge is 0.310 e. The molecular weight excluding hydrogens is 418 g/mol. The average molecular weight is 440 g/mol. The first-order valence-corrected chi connectivity index (χ1v) is 10.9. The van der Waals surface area contributed by atoms with Gasteiger partial charge in [0, 0.05) is 18.1 Å². The summed E-state index contributed by atoms with van der Waals surface area (Å²) < 4.78 is 43.1. The Labute approximate surface area is 175 Å². The van der Waals surface area contributed by atoms with Crippen molar-refractivity contribution in [1.29, 1.82) is 0 Å². The van der Waals surface area contributed by atoms with Crippen molar-refractivity contribution in [3.63, 3.8) is 0 Å². The molecule has 0 atom stereocenters. The number of hydrogen-bond donors (Lipinski definition) is 0. The maximum atomic E-state index is 13.0. The van der Waals surface area contributed by atoms with Crippen LogP contribution in [0.25, 0.3) is 0 Å². The van der Waals surface area contributed by atoms with Crippen LogP contribution in [0.4, 0.5) is 0 Å². The zero-order valence-electron chi connectivity index (χ0n) is 16.0. The quantitative estimate of drug-likeness (QED) is 0.617. The summed E-state index contributed by atoms with van der Waals surface area (Å²) >= 11 is 5.84. The van der Waals surface area contributed by atoms with Gasteiger partial charge in [-0.1, -0.05) is 29.8 Å². The van der Waals surface area contributed by atoms with Gasteiger partial charge in [0.05, 0.1) is 26.7 Å². The molecule has 156 valence electrons. The summed E-state index contributed by atoms with van der Waals surface area (Å²) in [5, 5.41) is 0.604. The predicted octanol–water partition coefficient (Wildman–Crippen LogP) is 2.66. The highest BCUT2D eigenvalue weighted by Crippen LogP contribution is 2.28. The van der Waals surface area contributed by atoms with E-state index >= 15 is 0 Å². The first kappa shape index (κ1) is 21.6. The molecule has 0 aromatic heterocycles. The summed E-state index contributed by atoms with van der Waals surface area (Å²) in [6.45, 7) is 1.36. The molecule has 1 fully saturated rings. The van der Waals surface area contributed by atoms with E-state index in [0.29, 0.717) is 23.8 Å². The lowest BCUT2D eigenvalue weighted by molar-refractivity contribution is -0.144. The summed E-state index contributed by atoms with van der Waals surface area (Å²) in [6.07, 6.45) is -0.0524. The second-order valence-corrected chi connectivity index (χ2v) is 8.81. The number of halogens is 1. The number of morpholine rings is 1. The Balaban J connectivity index is 1.72. The lowest BCUT2D eigenvalue weighted by atomic mass is 10.1. The van der Waals surface area contributed by atoms with Crippen molar-refractivity contribution in [1.82, 2.24) is 4.31 Å². The van der Waals surface area contributed by atoms with Gasteiger partial charge in [-0.3, -0.25) is 4.79 Å². The lowest BCUT2D eigenvalue weighted by Crippen LogP contribution is -2.40. The predicted molar refractivity (Wildman–Crippen MR) is 108 cm³/mol. The van der Waals surface area contributed by atoms with Gasteiger partial charge in [-0.15, -0.1) is 0 Å². The van der Waals surface area contributed by atoms with Crippen molar-refractivity contribution < 1.29 is 27.4 Å². The van der Waals surface area contributed by atoms with Crippen LogP contribution in [-0.2, 0) is 37.3 Å². The summed E-state index contributed by atoms with van der Waals surface area (Å²) in [5.41, 5.74) is 1.34. The molecule has 0 spiro atoms. The number of rotatable bonds is 7. The number of hydrogen-bond acceptors (Lipinski definition) is 6. The van der Waals surface area contributed by atoms with Crippen LogP contribution >= 0.6 is 11.6 Å². The van der Waals surface area contributed by atoms with E-state index in [0.717, 1.165) is 5.56 Å². The second-order valence-electron chi connectivity index (χ2n) is 6.47. The monoisotopic (exact) mass is 439 g/mol. The molecule has 0 radical (unpaired) electrons. The van der Waals surface area contributed by atoms with E-state index < -0.39 is 16.0 Å². The van der Waals surface area contributed by atoms with Crippen molar-refractivity contribution >= 4 is 27.6 Å². The molecule has 3 rings (SSSR count). The Morgan fingerprint density at radius 2 is 1.76 bits per heavy atom. The molecule has 2 aromatic carbocycles. The molecule has 0 N–H and O–H groups in total. The van der Waals surface area contributed by atoms with Gasteiger partial charge in [0.2, 0.25) is 10.0 Å². The largest absolute Gasteiger partial charge is 0.495 e. The average Bonchev–Trinajstić information content (AvgIpc) is 2.74. The van der Waals surface area contributed by atoms with Gasteiger partial charge in [0.1, 0.15) is 17.3 Å². The minimum absolute atomic E-state index is 0.0323. The van der Waals surface area contributed by atoms with Gasteiger partial charge in [-0.2, -0.15) is 4.31 Å². The zero-order chi connectivity index (χ0) is 20.9. The van der Waals surface area contributed by atoms with Crippen molar-refractivity contribution in [2.45, 2.75) is 17.9 Å². The highest BCUT2D eigenvalue weighted by molar-refractivity contribution is 7.89. The molecule has 0 aliphatic carbocycles. The van der Waals surface area contributed by atoms with E-state index in [-0.39, 0.29) is 36.8 Å². The number of ether oxygens (including phenoxy) is 3. The van der Waals surface area contributed by atoms with E-state index in [2.05, 4.69) is 0 Å². The zero-order valence-corrected chi connectivity index (χ0v) is 17.5. The van der Waals surface area contributed by atoms with Crippen LogP contribution in [0, 0.1) is 0 Å². The van der Waals surface area contributed by atoms with E-state index in [4.69, 9.17) is 25.8 Å². The topological polar surface area (TPSA) is 82.1 Å². The maximum absolute atomic E-state index is 13.0. The van der Waals surface area contributed by atoms with Crippen molar-refractivity contribution in [3.05, 3.63) is 58.6 Å². The molecule has 2 aromatic rings. The first-order chi connectivity index (χ1) is 13.9. The van der Waals surface area contributed by atoms with Crippen molar-refractivity contribution in [2.24, 2.45) is 0 Å². The Bertz CT molecular complexity index is 955. The molecule has 7 nitrogen and oxygen atoms in total. The van der Waals surface area contributed by atoms with Crippen LogP contribution in [0.2, 0.25) is 5.02 Å². The molecular formula is C20H22ClNO6S. The van der Waals surface area contributed by atoms with Crippen LogP contribution in [0.5, 0.6) is 5.75 Å². The third kappa shape index (κ3) is 5.48. The molecule has 29 heavy (non-hydrogen) atoms. The SMILES string of the molecule is COc1ccc(CC(=O)OCc2ccc(Cl)cc2)cc1S(=O)(=O)N1CCOCC1. The van der Waals surface area contributed by atoms with Crippen molar-refractivity contribution in [3.8, 4) is 5.75 Å². The highest BCUT2D eigenvalue weighted by Gasteiger charge is 2.29. The molecule has 1 aliphatic rings. The number of esters is 1. The Hall–Kier alpha value is -2.13. The summed E-state index contributed by atoms with van der Waals surface area (Å²) in [7, 11) is -2.35. The van der Waals surface area contributed by atoms with Crippen LogP contribution in [0.1, 0.15) is 11.1 Å².